The molecular formula is C18H24N6O3. The zero-order valence-electron chi connectivity index (χ0n) is 15.6. The fourth-order valence-electron chi connectivity index (χ4n) is 2.76. The van der Waals surface area contributed by atoms with Crippen molar-refractivity contribution >= 4 is 17.7 Å². The van der Waals surface area contributed by atoms with Crippen molar-refractivity contribution in [3.05, 3.63) is 35.7 Å². The first-order valence-corrected chi connectivity index (χ1v) is 8.87. The second-order valence-corrected chi connectivity index (χ2v) is 6.03. The molecule has 2 aromatic rings. The molecule has 2 aromatic heterocycles. The van der Waals surface area contributed by atoms with Crippen LogP contribution < -0.4 is 20.3 Å². The molecule has 3 rings (SSSR count). The van der Waals surface area contributed by atoms with Crippen molar-refractivity contribution < 1.29 is 14.3 Å². The molecule has 1 aliphatic rings. The van der Waals surface area contributed by atoms with E-state index >= 15 is 0 Å². The minimum atomic E-state index is -0.235. The van der Waals surface area contributed by atoms with Crippen molar-refractivity contribution in [2.24, 2.45) is 0 Å². The summed E-state index contributed by atoms with van der Waals surface area (Å²) >= 11 is 0. The van der Waals surface area contributed by atoms with Gasteiger partial charge in [0.25, 0.3) is 5.91 Å². The Kier molecular flexibility index (Phi) is 6.37. The van der Waals surface area contributed by atoms with Gasteiger partial charge in [-0.3, -0.25) is 4.79 Å². The summed E-state index contributed by atoms with van der Waals surface area (Å²) < 4.78 is 10.5. The minimum absolute atomic E-state index is 0.235. The summed E-state index contributed by atoms with van der Waals surface area (Å²) in [5.41, 5.74) is 1.29. The highest BCUT2D eigenvalue weighted by Crippen LogP contribution is 2.16. The van der Waals surface area contributed by atoms with E-state index in [-0.39, 0.29) is 5.91 Å². The van der Waals surface area contributed by atoms with Gasteiger partial charge in [-0.05, 0) is 19.1 Å². The third-order valence-electron chi connectivity index (χ3n) is 4.08. The molecule has 0 aliphatic carbocycles. The predicted molar refractivity (Wildman–Crippen MR) is 101 cm³/mol. The molecule has 0 bridgehead atoms. The lowest BCUT2D eigenvalue weighted by atomic mass is 10.2. The van der Waals surface area contributed by atoms with Crippen LogP contribution in [-0.4, -0.2) is 67.4 Å². The van der Waals surface area contributed by atoms with Crippen LogP contribution in [0.5, 0.6) is 5.88 Å². The van der Waals surface area contributed by atoms with E-state index in [1.165, 1.54) is 7.11 Å². The van der Waals surface area contributed by atoms with E-state index in [1.807, 2.05) is 13.0 Å². The Morgan fingerprint density at radius 1 is 1.30 bits per heavy atom. The average Bonchev–Trinajstić information content (AvgIpc) is 2.71. The van der Waals surface area contributed by atoms with Crippen LogP contribution in [0.2, 0.25) is 0 Å². The van der Waals surface area contributed by atoms with Crippen molar-refractivity contribution in [3.63, 3.8) is 0 Å². The third-order valence-corrected chi connectivity index (χ3v) is 4.08. The Balaban J connectivity index is 1.53. The van der Waals surface area contributed by atoms with Crippen molar-refractivity contribution in [3.8, 4) is 5.88 Å². The smallest absolute Gasteiger partial charge is 0.256 e. The number of carbonyl (C=O) groups is 1. The maximum Gasteiger partial charge on any atom is 0.256 e. The van der Waals surface area contributed by atoms with Gasteiger partial charge in [-0.15, -0.1) is 0 Å². The molecule has 1 saturated heterocycles. The number of carbonyl (C=O) groups excluding carboxylic acids is 1. The Morgan fingerprint density at radius 2 is 2.11 bits per heavy atom. The summed E-state index contributed by atoms with van der Waals surface area (Å²) in [5.74, 6) is 1.50. The first-order chi connectivity index (χ1) is 13.2. The molecule has 0 atom stereocenters. The van der Waals surface area contributed by atoms with Crippen molar-refractivity contribution in [2.75, 3.05) is 56.7 Å². The maximum absolute atomic E-state index is 12.2. The fourth-order valence-corrected chi connectivity index (χ4v) is 2.76. The van der Waals surface area contributed by atoms with Crippen LogP contribution >= 0.6 is 0 Å². The maximum atomic E-state index is 12.2. The predicted octanol–water partition coefficient (Wildman–Crippen LogP) is 0.867. The zero-order valence-corrected chi connectivity index (χ0v) is 15.6. The molecule has 1 fully saturated rings. The van der Waals surface area contributed by atoms with Gasteiger partial charge in [-0.25, -0.2) is 9.97 Å². The normalized spacial score (nSPS) is 13.9. The number of aryl methyl sites for hydroxylation is 1. The molecule has 144 valence electrons. The van der Waals surface area contributed by atoms with Gasteiger partial charge >= 0.3 is 0 Å². The van der Waals surface area contributed by atoms with Crippen LogP contribution in [0.25, 0.3) is 0 Å². The van der Waals surface area contributed by atoms with Crippen molar-refractivity contribution in [1.29, 1.82) is 0 Å². The topological polar surface area (TPSA) is 102 Å². The lowest BCUT2D eigenvalue weighted by Gasteiger charge is -2.28. The highest BCUT2D eigenvalue weighted by Gasteiger charge is 2.14. The molecule has 9 heteroatoms. The first kappa shape index (κ1) is 18.8. The second kappa shape index (κ2) is 9.13. The summed E-state index contributed by atoms with van der Waals surface area (Å²) in [5, 5.41) is 5.99. The highest BCUT2D eigenvalue weighted by molar-refractivity contribution is 5.96. The number of methoxy groups -OCH3 is 1. The standard InChI is InChI=1S/C18H24N6O3/c1-13-12-15(24-8-10-27-11-9-24)23-18(22-13)21-7-6-19-16(25)14-4-3-5-20-17(14)26-2/h3-5,12H,6-11H2,1-2H3,(H,19,25)(H,21,22,23). The zero-order chi connectivity index (χ0) is 19.1. The van der Waals surface area contributed by atoms with Crippen LogP contribution in [0.4, 0.5) is 11.8 Å². The van der Waals surface area contributed by atoms with Crippen molar-refractivity contribution in [2.45, 2.75) is 6.92 Å². The van der Waals surface area contributed by atoms with Gasteiger partial charge in [-0.1, -0.05) is 0 Å². The number of nitrogens with zero attached hydrogens (tertiary/aromatic N) is 4. The first-order valence-electron chi connectivity index (χ1n) is 8.87. The van der Waals surface area contributed by atoms with E-state index in [0.29, 0.717) is 43.7 Å². The van der Waals surface area contributed by atoms with Crippen LogP contribution in [0, 0.1) is 6.92 Å². The lowest BCUT2D eigenvalue weighted by Crippen LogP contribution is -2.37. The van der Waals surface area contributed by atoms with Gasteiger partial charge in [0.05, 0.1) is 20.3 Å². The quantitative estimate of drug-likeness (QED) is 0.691. The van der Waals surface area contributed by atoms with Gasteiger partial charge in [0.1, 0.15) is 11.4 Å². The second-order valence-electron chi connectivity index (χ2n) is 6.03. The lowest BCUT2D eigenvalue weighted by molar-refractivity contribution is 0.0951. The molecule has 1 amide bonds. The number of ether oxygens (including phenoxy) is 2. The van der Waals surface area contributed by atoms with E-state index in [0.717, 1.165) is 24.6 Å². The van der Waals surface area contributed by atoms with Crippen molar-refractivity contribution in [1.82, 2.24) is 20.3 Å². The van der Waals surface area contributed by atoms with E-state index in [1.54, 1.807) is 18.3 Å². The van der Waals surface area contributed by atoms with Gasteiger partial charge in [-0.2, -0.15) is 4.98 Å². The number of hydrogen-bond donors (Lipinski definition) is 2. The third kappa shape index (κ3) is 5.04. The van der Waals surface area contributed by atoms with E-state index < -0.39 is 0 Å². The monoisotopic (exact) mass is 372 g/mol. The fraction of sp³-hybridized carbons (Fsp3) is 0.444. The SMILES string of the molecule is COc1ncccc1C(=O)NCCNc1nc(C)cc(N2CCOCC2)n1. The Labute approximate surface area is 158 Å². The summed E-state index contributed by atoms with van der Waals surface area (Å²) in [6.07, 6.45) is 1.58. The van der Waals surface area contributed by atoms with Crippen LogP contribution in [0.15, 0.2) is 24.4 Å². The summed E-state index contributed by atoms with van der Waals surface area (Å²) in [6, 6.07) is 5.34. The number of amides is 1. The van der Waals surface area contributed by atoms with Crippen LogP contribution in [0.3, 0.4) is 0 Å². The van der Waals surface area contributed by atoms with Gasteiger partial charge in [0.2, 0.25) is 11.8 Å². The number of pyridine rings is 1. The molecular weight excluding hydrogens is 348 g/mol. The molecule has 3 heterocycles. The van der Waals surface area contributed by atoms with E-state index in [4.69, 9.17) is 9.47 Å². The number of hydrogen-bond acceptors (Lipinski definition) is 8. The number of rotatable bonds is 7. The molecule has 0 saturated carbocycles. The molecule has 0 aromatic carbocycles. The molecule has 0 radical (unpaired) electrons. The van der Waals surface area contributed by atoms with Gasteiger partial charge < -0.3 is 25.0 Å². The number of anilines is 2. The summed E-state index contributed by atoms with van der Waals surface area (Å²) in [4.78, 5) is 27.4. The summed E-state index contributed by atoms with van der Waals surface area (Å²) in [7, 11) is 1.49. The molecule has 0 unspecified atom stereocenters. The van der Waals surface area contributed by atoms with Crippen LogP contribution in [0.1, 0.15) is 16.1 Å². The number of morpholine rings is 1. The summed E-state index contributed by atoms with van der Waals surface area (Å²) in [6.45, 7) is 5.90. The average molecular weight is 372 g/mol. The van der Waals surface area contributed by atoms with E-state index in [9.17, 15) is 4.79 Å². The Morgan fingerprint density at radius 3 is 2.89 bits per heavy atom. The van der Waals surface area contributed by atoms with Gasteiger partial charge in [0.15, 0.2) is 0 Å². The molecule has 0 spiro atoms. The molecule has 1 aliphatic heterocycles. The number of aromatic nitrogens is 3. The molecule has 2 N–H and O–H groups in total. The van der Waals surface area contributed by atoms with Gasteiger partial charge in [0, 0.05) is 44.1 Å². The highest BCUT2D eigenvalue weighted by atomic mass is 16.5. The largest absolute Gasteiger partial charge is 0.480 e. The Bertz CT molecular complexity index is 779. The molecule has 9 nitrogen and oxygen atoms in total. The van der Waals surface area contributed by atoms with E-state index in [2.05, 4.69) is 30.5 Å². The minimum Gasteiger partial charge on any atom is -0.480 e. The number of nitrogens with one attached hydrogen (secondary N) is 2. The Hall–Kier alpha value is -2.94. The molecule has 27 heavy (non-hydrogen) atoms. The van der Waals surface area contributed by atoms with Crippen LogP contribution in [-0.2, 0) is 4.74 Å².